The zero-order valence-corrected chi connectivity index (χ0v) is 8.97. The second-order valence-electron chi connectivity index (χ2n) is 3.12. The molecule has 0 saturated carbocycles. The molecule has 0 aliphatic carbocycles. The lowest BCUT2D eigenvalue weighted by molar-refractivity contribution is -0.144. The number of rotatable bonds is 5. The minimum Gasteiger partial charge on any atom is -0.497 e. The van der Waals surface area contributed by atoms with Crippen LogP contribution in [0.3, 0.4) is 0 Å². The summed E-state index contributed by atoms with van der Waals surface area (Å²) < 4.78 is 10.1. The molecule has 1 aromatic rings. The normalized spacial score (nSPS) is 11.6. The Labute approximate surface area is 92.6 Å². The molecule has 1 aromatic carbocycles. The maximum Gasteiger partial charge on any atom is 0.344 e. The zero-order valence-electron chi connectivity index (χ0n) is 8.97. The van der Waals surface area contributed by atoms with E-state index in [2.05, 4.69) is 0 Å². The van der Waals surface area contributed by atoms with Crippen LogP contribution in [0.5, 0.6) is 11.5 Å². The molecule has 0 spiro atoms. The van der Waals surface area contributed by atoms with Crippen LogP contribution in [0.1, 0.15) is 17.3 Å². The Balaban J connectivity index is 2.99. The van der Waals surface area contributed by atoms with Gasteiger partial charge in [0, 0.05) is 6.07 Å². The van der Waals surface area contributed by atoms with Crippen molar-refractivity contribution >= 4 is 12.3 Å². The maximum absolute atomic E-state index is 10.7. The van der Waals surface area contributed by atoms with Crippen molar-refractivity contribution in [3.63, 3.8) is 0 Å². The molecule has 0 heterocycles. The van der Waals surface area contributed by atoms with Gasteiger partial charge in [-0.2, -0.15) is 0 Å². The number of carbonyl (C=O) groups excluding carboxylic acids is 1. The van der Waals surface area contributed by atoms with Crippen molar-refractivity contribution in [1.82, 2.24) is 0 Å². The number of hydrogen-bond acceptors (Lipinski definition) is 4. The molecule has 5 nitrogen and oxygen atoms in total. The number of aldehydes is 1. The van der Waals surface area contributed by atoms with E-state index in [1.807, 2.05) is 0 Å². The van der Waals surface area contributed by atoms with Crippen molar-refractivity contribution in [2.24, 2.45) is 0 Å². The molecule has 1 N–H and O–H groups in total. The topological polar surface area (TPSA) is 72.8 Å². The number of methoxy groups -OCH3 is 1. The summed E-state index contributed by atoms with van der Waals surface area (Å²) >= 11 is 0. The summed E-state index contributed by atoms with van der Waals surface area (Å²) in [4.78, 5) is 21.3. The SMILES string of the molecule is COc1ccc(C=O)c(OC(C)C(=O)O)c1. The first-order valence-corrected chi connectivity index (χ1v) is 4.61. The molecule has 1 rings (SSSR count). The third-order valence-corrected chi connectivity index (χ3v) is 2.00. The second kappa shape index (κ2) is 5.16. The van der Waals surface area contributed by atoms with Gasteiger partial charge in [-0.3, -0.25) is 4.79 Å². The summed E-state index contributed by atoms with van der Waals surface area (Å²) in [6.45, 7) is 1.39. The van der Waals surface area contributed by atoms with Gasteiger partial charge in [-0.25, -0.2) is 4.79 Å². The molecule has 0 aliphatic heterocycles. The highest BCUT2D eigenvalue weighted by Gasteiger charge is 2.15. The number of aliphatic carboxylic acids is 1. The largest absolute Gasteiger partial charge is 0.497 e. The summed E-state index contributed by atoms with van der Waals surface area (Å²) in [5.41, 5.74) is 0.286. The molecule has 0 bridgehead atoms. The van der Waals surface area contributed by atoms with E-state index in [9.17, 15) is 9.59 Å². The van der Waals surface area contributed by atoms with Crippen molar-refractivity contribution in [3.05, 3.63) is 23.8 Å². The Morgan fingerprint density at radius 3 is 2.69 bits per heavy atom. The molecule has 0 radical (unpaired) electrons. The number of benzene rings is 1. The molecule has 0 amide bonds. The van der Waals surface area contributed by atoms with Crippen LogP contribution in [-0.4, -0.2) is 30.6 Å². The molecule has 1 unspecified atom stereocenters. The fourth-order valence-corrected chi connectivity index (χ4v) is 1.08. The number of carboxylic acid groups (broad SMARTS) is 1. The van der Waals surface area contributed by atoms with Gasteiger partial charge < -0.3 is 14.6 Å². The lowest BCUT2D eigenvalue weighted by Gasteiger charge is -2.12. The third kappa shape index (κ3) is 2.73. The van der Waals surface area contributed by atoms with Crippen LogP contribution in [0.4, 0.5) is 0 Å². The van der Waals surface area contributed by atoms with E-state index >= 15 is 0 Å². The number of carboxylic acids is 1. The maximum atomic E-state index is 10.7. The minimum absolute atomic E-state index is 0.198. The summed E-state index contributed by atoms with van der Waals surface area (Å²) in [6, 6.07) is 4.58. The summed E-state index contributed by atoms with van der Waals surface area (Å²) in [7, 11) is 1.47. The lowest BCUT2D eigenvalue weighted by Crippen LogP contribution is -2.23. The van der Waals surface area contributed by atoms with Crippen LogP contribution < -0.4 is 9.47 Å². The Morgan fingerprint density at radius 2 is 2.19 bits per heavy atom. The van der Waals surface area contributed by atoms with Gasteiger partial charge >= 0.3 is 5.97 Å². The summed E-state index contributed by atoms with van der Waals surface area (Å²) in [6.07, 6.45) is -0.422. The van der Waals surface area contributed by atoms with Gasteiger partial charge in [0.2, 0.25) is 0 Å². The quantitative estimate of drug-likeness (QED) is 0.764. The standard InChI is InChI=1S/C11H12O5/c1-7(11(13)14)16-10-5-9(15-2)4-3-8(10)6-12/h3-7H,1-2H3,(H,13,14). The Morgan fingerprint density at radius 1 is 1.50 bits per heavy atom. The molecular weight excluding hydrogens is 212 g/mol. The van der Waals surface area contributed by atoms with E-state index in [4.69, 9.17) is 14.6 Å². The average Bonchev–Trinajstić information content (AvgIpc) is 2.28. The first kappa shape index (κ1) is 12.0. The molecule has 0 aliphatic rings. The van der Waals surface area contributed by atoms with Crippen molar-refractivity contribution in [1.29, 1.82) is 0 Å². The van der Waals surface area contributed by atoms with Gasteiger partial charge in [-0.15, -0.1) is 0 Å². The van der Waals surface area contributed by atoms with Crippen LogP contribution in [-0.2, 0) is 4.79 Å². The van der Waals surface area contributed by atoms with Gasteiger partial charge in [-0.05, 0) is 19.1 Å². The predicted octanol–water partition coefficient (Wildman–Crippen LogP) is 1.36. The van der Waals surface area contributed by atoms with Crippen LogP contribution in [0.15, 0.2) is 18.2 Å². The molecular formula is C11H12O5. The molecule has 0 saturated heterocycles. The first-order chi connectivity index (χ1) is 7.58. The second-order valence-corrected chi connectivity index (χ2v) is 3.12. The number of carbonyl (C=O) groups is 2. The van der Waals surface area contributed by atoms with E-state index in [1.54, 1.807) is 6.07 Å². The average molecular weight is 224 g/mol. The fourth-order valence-electron chi connectivity index (χ4n) is 1.08. The zero-order chi connectivity index (χ0) is 12.1. The lowest BCUT2D eigenvalue weighted by atomic mass is 10.2. The van der Waals surface area contributed by atoms with Crippen LogP contribution in [0, 0.1) is 0 Å². The summed E-state index contributed by atoms with van der Waals surface area (Å²) in [5.74, 6) is -0.401. The molecule has 16 heavy (non-hydrogen) atoms. The van der Waals surface area contributed by atoms with Crippen molar-refractivity contribution in [2.75, 3.05) is 7.11 Å². The van der Waals surface area contributed by atoms with Gasteiger partial charge in [0.15, 0.2) is 12.4 Å². The highest BCUT2D eigenvalue weighted by molar-refractivity contribution is 5.80. The van der Waals surface area contributed by atoms with Crippen molar-refractivity contribution < 1.29 is 24.2 Å². The smallest absolute Gasteiger partial charge is 0.344 e. The molecule has 0 aromatic heterocycles. The Bertz CT molecular complexity index is 399. The third-order valence-electron chi connectivity index (χ3n) is 2.00. The van der Waals surface area contributed by atoms with E-state index in [1.165, 1.54) is 26.2 Å². The number of hydrogen-bond donors (Lipinski definition) is 1. The molecule has 1 atom stereocenters. The Hall–Kier alpha value is -2.04. The van der Waals surface area contributed by atoms with E-state index in [0.29, 0.717) is 12.0 Å². The van der Waals surface area contributed by atoms with Gasteiger partial charge in [0.1, 0.15) is 11.5 Å². The molecule has 0 fully saturated rings. The first-order valence-electron chi connectivity index (χ1n) is 4.61. The highest BCUT2D eigenvalue weighted by Crippen LogP contribution is 2.24. The monoisotopic (exact) mass is 224 g/mol. The van der Waals surface area contributed by atoms with E-state index < -0.39 is 12.1 Å². The van der Waals surface area contributed by atoms with Crippen LogP contribution in [0.2, 0.25) is 0 Å². The van der Waals surface area contributed by atoms with Crippen molar-refractivity contribution in [2.45, 2.75) is 13.0 Å². The van der Waals surface area contributed by atoms with Crippen molar-refractivity contribution in [3.8, 4) is 11.5 Å². The molecule has 5 heteroatoms. The van der Waals surface area contributed by atoms with Gasteiger partial charge in [0.05, 0.1) is 12.7 Å². The Kier molecular flexibility index (Phi) is 3.88. The highest BCUT2D eigenvalue weighted by atomic mass is 16.5. The van der Waals surface area contributed by atoms with Crippen LogP contribution in [0.25, 0.3) is 0 Å². The predicted molar refractivity (Wildman–Crippen MR) is 56.1 cm³/mol. The minimum atomic E-state index is -1.10. The fraction of sp³-hybridized carbons (Fsp3) is 0.273. The van der Waals surface area contributed by atoms with Gasteiger partial charge in [0.25, 0.3) is 0 Å². The van der Waals surface area contributed by atoms with Gasteiger partial charge in [-0.1, -0.05) is 0 Å². The molecule has 86 valence electrons. The van der Waals surface area contributed by atoms with E-state index in [-0.39, 0.29) is 11.3 Å². The number of ether oxygens (including phenoxy) is 2. The summed E-state index contributed by atoms with van der Waals surface area (Å²) in [5, 5.41) is 8.69. The van der Waals surface area contributed by atoms with E-state index in [0.717, 1.165) is 0 Å². The van der Waals surface area contributed by atoms with Crippen LogP contribution >= 0.6 is 0 Å².